The quantitative estimate of drug-likeness (QED) is 0.866. The van der Waals surface area contributed by atoms with Crippen molar-refractivity contribution in [3.05, 3.63) is 24.3 Å². The summed E-state index contributed by atoms with van der Waals surface area (Å²) in [4.78, 5) is 14.7. The predicted molar refractivity (Wildman–Crippen MR) is 57.3 cm³/mol. The second kappa shape index (κ2) is 3.86. The molecule has 1 aromatic heterocycles. The number of hydrogen-bond donors (Lipinski definition) is 1. The molecule has 0 aliphatic rings. The van der Waals surface area contributed by atoms with Crippen molar-refractivity contribution in [3.63, 3.8) is 0 Å². The zero-order valence-corrected chi connectivity index (χ0v) is 8.82. The normalized spacial score (nSPS) is 12.6. The molecule has 0 saturated carbocycles. The second-order valence-electron chi connectivity index (χ2n) is 3.05. The van der Waals surface area contributed by atoms with Crippen molar-refractivity contribution in [2.24, 2.45) is 0 Å². The van der Waals surface area contributed by atoms with E-state index in [2.05, 4.69) is 4.98 Å². The number of thiazole rings is 1. The maximum atomic E-state index is 10.6. The largest absolute Gasteiger partial charge is 0.479 e. The average Bonchev–Trinajstić information content (AvgIpc) is 2.59. The molecule has 1 atom stereocenters. The van der Waals surface area contributed by atoms with Crippen molar-refractivity contribution in [1.29, 1.82) is 0 Å². The van der Waals surface area contributed by atoms with Gasteiger partial charge in [-0.25, -0.2) is 9.78 Å². The Balaban J connectivity index is 2.26. The van der Waals surface area contributed by atoms with Crippen LogP contribution in [0, 0.1) is 0 Å². The van der Waals surface area contributed by atoms with Crippen LogP contribution in [0.4, 0.5) is 0 Å². The summed E-state index contributed by atoms with van der Waals surface area (Å²) >= 11 is 1.35. The standard InChI is InChI=1S/C10H9NO3S/c1-6(9(12)13)14-10-11-7-4-2-3-5-8(7)15-10/h2-6H,1H3,(H,12,13)/t6-/m1/s1. The Morgan fingerprint density at radius 2 is 2.27 bits per heavy atom. The van der Waals surface area contributed by atoms with Crippen LogP contribution in [0.15, 0.2) is 24.3 Å². The van der Waals surface area contributed by atoms with Crippen LogP contribution < -0.4 is 4.74 Å². The van der Waals surface area contributed by atoms with E-state index in [4.69, 9.17) is 9.84 Å². The number of benzene rings is 1. The number of para-hydroxylation sites is 1. The minimum atomic E-state index is -0.991. The number of carboxylic acids is 1. The summed E-state index contributed by atoms with van der Waals surface area (Å²) in [5, 5.41) is 9.06. The second-order valence-corrected chi connectivity index (χ2v) is 4.04. The molecule has 5 heteroatoms. The number of carboxylic acid groups (broad SMARTS) is 1. The molecule has 0 unspecified atom stereocenters. The molecule has 1 N–H and O–H groups in total. The summed E-state index contributed by atoms with van der Waals surface area (Å²) in [7, 11) is 0. The first kappa shape index (κ1) is 9.92. The molecule has 15 heavy (non-hydrogen) atoms. The van der Waals surface area contributed by atoms with Gasteiger partial charge < -0.3 is 9.84 Å². The first-order valence-electron chi connectivity index (χ1n) is 4.42. The van der Waals surface area contributed by atoms with E-state index in [9.17, 15) is 4.79 Å². The summed E-state index contributed by atoms with van der Waals surface area (Å²) in [6, 6.07) is 7.58. The van der Waals surface area contributed by atoms with Gasteiger partial charge in [0.25, 0.3) is 5.19 Å². The first-order chi connectivity index (χ1) is 7.16. The van der Waals surface area contributed by atoms with Gasteiger partial charge in [-0.1, -0.05) is 23.5 Å². The molecular formula is C10H9NO3S. The van der Waals surface area contributed by atoms with Crippen LogP contribution in [-0.2, 0) is 4.79 Å². The van der Waals surface area contributed by atoms with Gasteiger partial charge in [-0.05, 0) is 19.1 Å². The van der Waals surface area contributed by atoms with Crippen molar-refractivity contribution >= 4 is 27.5 Å². The van der Waals surface area contributed by atoms with Gasteiger partial charge in [-0.2, -0.15) is 0 Å². The SMILES string of the molecule is C[C@@H](Oc1nc2ccccc2s1)C(=O)O. The third kappa shape index (κ3) is 2.07. The van der Waals surface area contributed by atoms with Crippen LogP contribution >= 0.6 is 11.3 Å². The molecule has 4 nitrogen and oxygen atoms in total. The van der Waals surface area contributed by atoms with Crippen LogP contribution in [0.3, 0.4) is 0 Å². The molecule has 0 amide bonds. The molecule has 0 aliphatic heterocycles. The molecule has 0 aliphatic carbocycles. The number of nitrogens with zero attached hydrogens (tertiary/aromatic N) is 1. The van der Waals surface area contributed by atoms with E-state index >= 15 is 0 Å². The summed E-state index contributed by atoms with van der Waals surface area (Å²) in [5.74, 6) is -0.991. The van der Waals surface area contributed by atoms with Crippen molar-refractivity contribution in [1.82, 2.24) is 4.98 Å². The van der Waals surface area contributed by atoms with Gasteiger partial charge in [0, 0.05) is 0 Å². The number of hydrogen-bond acceptors (Lipinski definition) is 4. The van der Waals surface area contributed by atoms with Gasteiger partial charge in [-0.15, -0.1) is 0 Å². The van der Waals surface area contributed by atoms with Crippen molar-refractivity contribution < 1.29 is 14.6 Å². The van der Waals surface area contributed by atoms with Crippen molar-refractivity contribution in [2.45, 2.75) is 13.0 Å². The summed E-state index contributed by atoms with van der Waals surface area (Å²) in [5.41, 5.74) is 0.829. The van der Waals surface area contributed by atoms with Crippen LogP contribution in [-0.4, -0.2) is 22.2 Å². The fourth-order valence-corrected chi connectivity index (χ4v) is 1.99. The third-order valence-corrected chi connectivity index (χ3v) is 2.83. The maximum absolute atomic E-state index is 10.6. The number of carbonyl (C=O) groups is 1. The number of ether oxygens (including phenoxy) is 1. The van der Waals surface area contributed by atoms with E-state index in [1.165, 1.54) is 18.3 Å². The van der Waals surface area contributed by atoms with Crippen LogP contribution in [0.2, 0.25) is 0 Å². The van der Waals surface area contributed by atoms with Gasteiger partial charge in [0.2, 0.25) is 0 Å². The molecule has 0 spiro atoms. The van der Waals surface area contributed by atoms with E-state index in [1.54, 1.807) is 0 Å². The van der Waals surface area contributed by atoms with E-state index in [-0.39, 0.29) is 0 Å². The zero-order chi connectivity index (χ0) is 10.8. The summed E-state index contributed by atoms with van der Waals surface area (Å²) in [6.45, 7) is 1.48. The van der Waals surface area contributed by atoms with Crippen molar-refractivity contribution in [3.8, 4) is 5.19 Å². The molecule has 0 saturated heterocycles. The molecule has 0 radical (unpaired) electrons. The fourth-order valence-electron chi connectivity index (χ4n) is 1.10. The van der Waals surface area contributed by atoms with Crippen LogP contribution in [0.1, 0.15) is 6.92 Å². The summed E-state index contributed by atoms with van der Waals surface area (Å²) in [6.07, 6.45) is -0.870. The van der Waals surface area contributed by atoms with Gasteiger partial charge in [0.15, 0.2) is 6.10 Å². The lowest BCUT2D eigenvalue weighted by atomic mass is 10.3. The maximum Gasteiger partial charge on any atom is 0.344 e. The Labute approximate surface area is 90.1 Å². The summed E-state index contributed by atoms with van der Waals surface area (Å²) < 4.78 is 6.16. The first-order valence-corrected chi connectivity index (χ1v) is 5.23. The van der Waals surface area contributed by atoms with E-state index in [1.807, 2.05) is 24.3 Å². The van der Waals surface area contributed by atoms with E-state index in [0.29, 0.717) is 5.19 Å². The molecular weight excluding hydrogens is 214 g/mol. The molecule has 2 rings (SSSR count). The zero-order valence-electron chi connectivity index (χ0n) is 8.01. The number of aliphatic carboxylic acids is 1. The monoisotopic (exact) mass is 223 g/mol. The predicted octanol–water partition coefficient (Wildman–Crippen LogP) is 2.15. The van der Waals surface area contributed by atoms with Crippen molar-refractivity contribution in [2.75, 3.05) is 0 Å². The van der Waals surface area contributed by atoms with E-state index < -0.39 is 12.1 Å². The Kier molecular flexibility index (Phi) is 2.55. The van der Waals surface area contributed by atoms with Gasteiger partial charge in [-0.3, -0.25) is 0 Å². The highest BCUT2D eigenvalue weighted by Crippen LogP contribution is 2.27. The topological polar surface area (TPSA) is 59.4 Å². The molecule has 1 heterocycles. The highest BCUT2D eigenvalue weighted by Gasteiger charge is 2.14. The van der Waals surface area contributed by atoms with Gasteiger partial charge in [0.1, 0.15) is 0 Å². The molecule has 78 valence electrons. The van der Waals surface area contributed by atoms with Gasteiger partial charge in [0.05, 0.1) is 10.2 Å². The number of aromatic nitrogens is 1. The molecule has 0 fully saturated rings. The van der Waals surface area contributed by atoms with Crippen LogP contribution in [0.5, 0.6) is 5.19 Å². The highest BCUT2D eigenvalue weighted by atomic mass is 32.1. The Bertz CT molecular complexity index is 461. The third-order valence-electron chi connectivity index (χ3n) is 1.90. The number of rotatable bonds is 3. The molecule has 2 aromatic rings. The molecule has 1 aromatic carbocycles. The smallest absolute Gasteiger partial charge is 0.344 e. The van der Waals surface area contributed by atoms with Gasteiger partial charge >= 0.3 is 5.97 Å². The number of fused-ring (bicyclic) bond motifs is 1. The Hall–Kier alpha value is -1.62. The Morgan fingerprint density at radius 1 is 1.53 bits per heavy atom. The molecule has 0 bridgehead atoms. The lowest BCUT2D eigenvalue weighted by Crippen LogP contribution is -2.22. The average molecular weight is 223 g/mol. The lowest BCUT2D eigenvalue weighted by molar-refractivity contribution is -0.144. The minimum Gasteiger partial charge on any atom is -0.479 e. The fraction of sp³-hybridized carbons (Fsp3) is 0.200. The Morgan fingerprint density at radius 3 is 2.93 bits per heavy atom. The van der Waals surface area contributed by atoms with Crippen LogP contribution in [0.25, 0.3) is 10.2 Å². The highest BCUT2D eigenvalue weighted by molar-refractivity contribution is 7.20. The van der Waals surface area contributed by atoms with E-state index in [0.717, 1.165) is 10.2 Å². The lowest BCUT2D eigenvalue weighted by Gasteiger charge is -2.05. The minimum absolute atomic E-state index is 0.395.